The van der Waals surface area contributed by atoms with Gasteiger partial charge in [-0.25, -0.2) is 0 Å². The van der Waals surface area contributed by atoms with Crippen molar-refractivity contribution < 1.29 is 9.32 Å². The van der Waals surface area contributed by atoms with Gasteiger partial charge in [-0.3, -0.25) is 9.59 Å². The molecule has 1 aliphatic rings. The van der Waals surface area contributed by atoms with E-state index in [9.17, 15) is 9.59 Å². The van der Waals surface area contributed by atoms with Crippen LogP contribution in [0.5, 0.6) is 0 Å². The van der Waals surface area contributed by atoms with E-state index in [-0.39, 0.29) is 28.8 Å². The molecular weight excluding hydrogens is 426 g/mol. The summed E-state index contributed by atoms with van der Waals surface area (Å²) in [6, 6.07) is 14.7. The third-order valence-corrected chi connectivity index (χ3v) is 7.37. The molecule has 0 aliphatic heterocycles. The summed E-state index contributed by atoms with van der Waals surface area (Å²) in [4.78, 5) is 26.0. The molecule has 1 fully saturated rings. The van der Waals surface area contributed by atoms with Gasteiger partial charge in [-0.05, 0) is 48.9 Å². The largest absolute Gasteiger partial charge is 0.360 e. The SMILES string of the molecule is Cc1onc2c1c(=O)n(C1CC(CNC(=O)c3ccccc3)C1(C)C)c1cccc(Cl)c21. The van der Waals surface area contributed by atoms with Crippen molar-refractivity contribution in [3.63, 3.8) is 0 Å². The summed E-state index contributed by atoms with van der Waals surface area (Å²) in [5.41, 5.74) is 1.59. The van der Waals surface area contributed by atoms with Crippen LogP contribution in [0.4, 0.5) is 0 Å². The Kier molecular flexibility index (Phi) is 4.86. The Morgan fingerprint density at radius 2 is 1.94 bits per heavy atom. The van der Waals surface area contributed by atoms with Gasteiger partial charge in [0.2, 0.25) is 0 Å². The number of benzene rings is 2. The van der Waals surface area contributed by atoms with E-state index in [0.717, 1.165) is 17.3 Å². The maximum Gasteiger partial charge on any atom is 0.264 e. The van der Waals surface area contributed by atoms with Crippen LogP contribution in [0.25, 0.3) is 21.8 Å². The Bertz CT molecular complexity index is 1400. The molecule has 1 aliphatic carbocycles. The molecule has 1 N–H and O–H groups in total. The van der Waals surface area contributed by atoms with Crippen LogP contribution in [0.3, 0.4) is 0 Å². The Labute approximate surface area is 190 Å². The molecule has 5 rings (SSSR count). The predicted octanol–water partition coefficient (Wildman–Crippen LogP) is 5.12. The molecule has 0 spiro atoms. The van der Waals surface area contributed by atoms with Crippen LogP contribution in [0.2, 0.25) is 5.02 Å². The number of nitrogens with one attached hydrogen (secondary N) is 1. The Morgan fingerprint density at radius 1 is 1.19 bits per heavy atom. The van der Waals surface area contributed by atoms with Gasteiger partial charge in [0, 0.05) is 23.5 Å². The van der Waals surface area contributed by atoms with Crippen molar-refractivity contribution in [1.82, 2.24) is 15.0 Å². The minimum absolute atomic E-state index is 0.0340. The van der Waals surface area contributed by atoms with Gasteiger partial charge in [-0.15, -0.1) is 0 Å². The number of fused-ring (bicyclic) bond motifs is 3. The molecule has 7 heteroatoms. The van der Waals surface area contributed by atoms with Gasteiger partial charge < -0.3 is 14.4 Å². The van der Waals surface area contributed by atoms with Crippen molar-refractivity contribution in [2.45, 2.75) is 33.2 Å². The summed E-state index contributed by atoms with van der Waals surface area (Å²) in [5, 5.41) is 8.92. The first kappa shape index (κ1) is 20.8. The van der Waals surface area contributed by atoms with Crippen molar-refractivity contribution in [3.05, 3.63) is 75.2 Å². The van der Waals surface area contributed by atoms with Crippen LogP contribution in [-0.2, 0) is 0 Å². The van der Waals surface area contributed by atoms with Gasteiger partial charge in [-0.2, -0.15) is 0 Å². The average Bonchev–Trinajstić information content (AvgIpc) is 3.17. The zero-order valence-electron chi connectivity index (χ0n) is 18.2. The molecule has 2 unspecified atom stereocenters. The Hall–Kier alpha value is -3.12. The summed E-state index contributed by atoms with van der Waals surface area (Å²) in [6.07, 6.45) is 0.777. The summed E-state index contributed by atoms with van der Waals surface area (Å²) in [5.74, 6) is 0.644. The topological polar surface area (TPSA) is 77.1 Å². The first-order valence-electron chi connectivity index (χ1n) is 10.7. The maximum absolute atomic E-state index is 13.6. The zero-order chi connectivity index (χ0) is 22.6. The standard InChI is InChI=1S/C25H24ClN3O3/c1-14-20-22(28-32-14)21-17(26)10-7-11-18(21)29(24(20)31)19-12-16(25(19,2)3)13-27-23(30)15-8-5-4-6-9-15/h4-11,16,19H,12-13H2,1-3H3,(H,27,30). The number of carbonyl (C=O) groups excluding carboxylic acids is 1. The van der Waals surface area contributed by atoms with E-state index in [4.69, 9.17) is 16.1 Å². The molecule has 4 aromatic rings. The lowest BCUT2D eigenvalue weighted by Crippen LogP contribution is -2.52. The summed E-state index contributed by atoms with van der Waals surface area (Å²) < 4.78 is 7.21. The van der Waals surface area contributed by atoms with Crippen molar-refractivity contribution in [1.29, 1.82) is 0 Å². The molecule has 6 nitrogen and oxygen atoms in total. The highest BCUT2D eigenvalue weighted by molar-refractivity contribution is 6.37. The highest BCUT2D eigenvalue weighted by atomic mass is 35.5. The number of halogens is 1. The summed E-state index contributed by atoms with van der Waals surface area (Å²) >= 11 is 6.53. The Balaban J connectivity index is 1.49. The number of pyridine rings is 1. The Morgan fingerprint density at radius 3 is 2.66 bits per heavy atom. The first-order valence-corrected chi connectivity index (χ1v) is 11.1. The predicted molar refractivity (Wildman–Crippen MR) is 125 cm³/mol. The molecule has 0 bridgehead atoms. The van der Waals surface area contributed by atoms with Gasteiger partial charge in [0.05, 0.1) is 10.5 Å². The highest BCUT2D eigenvalue weighted by Crippen LogP contribution is 2.54. The zero-order valence-corrected chi connectivity index (χ0v) is 18.9. The molecule has 1 amide bonds. The van der Waals surface area contributed by atoms with E-state index in [1.807, 2.05) is 34.9 Å². The van der Waals surface area contributed by atoms with Crippen molar-refractivity contribution in [2.75, 3.05) is 6.54 Å². The van der Waals surface area contributed by atoms with Crippen LogP contribution in [-0.4, -0.2) is 22.2 Å². The minimum Gasteiger partial charge on any atom is -0.360 e. The normalized spacial score (nSPS) is 19.8. The second kappa shape index (κ2) is 7.48. The van der Waals surface area contributed by atoms with Crippen LogP contribution in [0.15, 0.2) is 57.8 Å². The number of nitrogens with zero attached hydrogens (tertiary/aromatic N) is 2. The van der Waals surface area contributed by atoms with Crippen LogP contribution in [0.1, 0.15) is 42.4 Å². The molecule has 2 heterocycles. The molecule has 0 saturated heterocycles. The number of carbonyl (C=O) groups is 1. The van der Waals surface area contributed by atoms with E-state index >= 15 is 0 Å². The smallest absolute Gasteiger partial charge is 0.264 e. The highest BCUT2D eigenvalue weighted by Gasteiger charge is 2.50. The molecule has 164 valence electrons. The molecule has 2 aromatic carbocycles. The fraction of sp³-hybridized carbons (Fsp3) is 0.320. The third-order valence-electron chi connectivity index (χ3n) is 7.06. The summed E-state index contributed by atoms with van der Waals surface area (Å²) in [6.45, 7) is 6.60. The fourth-order valence-corrected chi connectivity index (χ4v) is 5.22. The van der Waals surface area contributed by atoms with Gasteiger partial charge in [0.15, 0.2) is 0 Å². The quantitative estimate of drug-likeness (QED) is 0.469. The number of aryl methyl sites for hydroxylation is 1. The third kappa shape index (κ3) is 3.05. The van der Waals surface area contributed by atoms with Crippen LogP contribution < -0.4 is 10.9 Å². The van der Waals surface area contributed by atoms with Gasteiger partial charge in [0.25, 0.3) is 11.5 Å². The second-order valence-corrected chi connectivity index (χ2v) is 9.52. The molecule has 1 saturated carbocycles. The molecular formula is C25H24ClN3O3. The lowest BCUT2D eigenvalue weighted by Gasteiger charge is -2.53. The van der Waals surface area contributed by atoms with Crippen molar-refractivity contribution in [3.8, 4) is 0 Å². The molecule has 2 atom stereocenters. The van der Waals surface area contributed by atoms with Crippen molar-refractivity contribution >= 4 is 39.3 Å². The van der Waals surface area contributed by atoms with E-state index < -0.39 is 0 Å². The average molecular weight is 450 g/mol. The first-order chi connectivity index (χ1) is 15.3. The van der Waals surface area contributed by atoms with E-state index in [2.05, 4.69) is 24.3 Å². The van der Waals surface area contributed by atoms with Gasteiger partial charge in [0.1, 0.15) is 16.7 Å². The second-order valence-electron chi connectivity index (χ2n) is 9.12. The van der Waals surface area contributed by atoms with Crippen molar-refractivity contribution in [2.24, 2.45) is 11.3 Å². The molecule has 0 radical (unpaired) electrons. The lowest BCUT2D eigenvalue weighted by molar-refractivity contribution is -0.00714. The maximum atomic E-state index is 13.6. The van der Waals surface area contributed by atoms with Gasteiger partial charge >= 0.3 is 0 Å². The number of hydrogen-bond donors (Lipinski definition) is 1. The number of aromatic nitrogens is 2. The van der Waals surface area contributed by atoms with Crippen LogP contribution in [0, 0.1) is 18.3 Å². The summed E-state index contributed by atoms with van der Waals surface area (Å²) in [7, 11) is 0. The number of hydrogen-bond acceptors (Lipinski definition) is 4. The number of rotatable bonds is 4. The minimum atomic E-state index is -0.207. The molecule has 32 heavy (non-hydrogen) atoms. The number of amides is 1. The fourth-order valence-electron chi connectivity index (χ4n) is 4.96. The van der Waals surface area contributed by atoms with E-state index in [0.29, 0.717) is 33.8 Å². The lowest BCUT2D eigenvalue weighted by atomic mass is 9.58. The van der Waals surface area contributed by atoms with E-state index in [1.54, 1.807) is 25.1 Å². The van der Waals surface area contributed by atoms with Gasteiger partial charge in [-0.1, -0.05) is 54.9 Å². The molecule has 2 aromatic heterocycles. The van der Waals surface area contributed by atoms with Crippen LogP contribution >= 0.6 is 11.6 Å². The van der Waals surface area contributed by atoms with E-state index in [1.165, 1.54) is 0 Å². The monoisotopic (exact) mass is 449 g/mol.